The van der Waals surface area contributed by atoms with Crippen LogP contribution in [0.5, 0.6) is 0 Å². The summed E-state index contributed by atoms with van der Waals surface area (Å²) in [6.45, 7) is 4.55. The first kappa shape index (κ1) is 20.1. The smallest absolute Gasteiger partial charge is 0.230 e. The molecule has 1 aromatic carbocycles. The van der Waals surface area contributed by atoms with Gasteiger partial charge in [-0.1, -0.05) is 31.5 Å². The molecule has 1 saturated heterocycles. The van der Waals surface area contributed by atoms with Crippen molar-refractivity contribution >= 4 is 17.4 Å². The standard InChI is InChI=1S/C24H28N4O2/c1-2-3-15-28(20-8-5-4-6-9-20)24(29)19-13-16-27(17-14-19)23-12-11-21(25-26-23)22-10-7-18-30-22/h4-12,18-19H,2-3,13-17H2,1H3. The summed E-state index contributed by atoms with van der Waals surface area (Å²) < 4.78 is 5.37. The Morgan fingerprint density at radius 3 is 2.50 bits per heavy atom. The average Bonchev–Trinajstić information content (AvgIpc) is 3.35. The predicted octanol–water partition coefficient (Wildman–Crippen LogP) is 4.79. The van der Waals surface area contributed by atoms with E-state index in [9.17, 15) is 4.79 Å². The molecule has 0 aliphatic carbocycles. The van der Waals surface area contributed by atoms with Gasteiger partial charge in [0.2, 0.25) is 5.91 Å². The summed E-state index contributed by atoms with van der Waals surface area (Å²) in [6.07, 6.45) is 5.37. The van der Waals surface area contributed by atoms with E-state index in [1.165, 1.54) is 0 Å². The van der Waals surface area contributed by atoms with Gasteiger partial charge in [0.1, 0.15) is 5.69 Å². The van der Waals surface area contributed by atoms with Crippen molar-refractivity contribution in [1.82, 2.24) is 10.2 Å². The van der Waals surface area contributed by atoms with E-state index >= 15 is 0 Å². The van der Waals surface area contributed by atoms with Crippen molar-refractivity contribution in [3.63, 3.8) is 0 Å². The molecule has 0 saturated carbocycles. The van der Waals surface area contributed by atoms with Crippen LogP contribution in [0.1, 0.15) is 32.6 Å². The Bertz CT molecular complexity index is 918. The third-order valence-corrected chi connectivity index (χ3v) is 5.66. The van der Waals surface area contributed by atoms with Crippen molar-refractivity contribution in [2.24, 2.45) is 5.92 Å². The maximum absolute atomic E-state index is 13.3. The maximum atomic E-state index is 13.3. The molecule has 1 aliphatic heterocycles. The molecular formula is C24H28N4O2. The molecule has 6 nitrogen and oxygen atoms in total. The highest BCUT2D eigenvalue weighted by Crippen LogP contribution is 2.27. The van der Waals surface area contributed by atoms with Gasteiger partial charge in [0.25, 0.3) is 0 Å². The van der Waals surface area contributed by atoms with Crippen LogP contribution in [0, 0.1) is 5.92 Å². The summed E-state index contributed by atoms with van der Waals surface area (Å²) in [5, 5.41) is 8.66. The molecule has 2 aromatic heterocycles. The Morgan fingerprint density at radius 1 is 1.07 bits per heavy atom. The van der Waals surface area contributed by atoms with E-state index in [-0.39, 0.29) is 11.8 Å². The molecule has 0 radical (unpaired) electrons. The molecule has 4 rings (SSSR count). The van der Waals surface area contributed by atoms with Crippen molar-refractivity contribution in [1.29, 1.82) is 0 Å². The largest absolute Gasteiger partial charge is 0.463 e. The van der Waals surface area contributed by atoms with Crippen LogP contribution in [-0.4, -0.2) is 35.7 Å². The van der Waals surface area contributed by atoms with Crippen LogP contribution in [0.3, 0.4) is 0 Å². The highest BCUT2D eigenvalue weighted by Gasteiger charge is 2.29. The number of unbranched alkanes of at least 4 members (excludes halogenated alkanes) is 1. The lowest BCUT2D eigenvalue weighted by atomic mass is 9.94. The zero-order chi connectivity index (χ0) is 20.8. The zero-order valence-electron chi connectivity index (χ0n) is 17.4. The first-order chi connectivity index (χ1) is 14.8. The fourth-order valence-electron chi connectivity index (χ4n) is 3.92. The predicted molar refractivity (Wildman–Crippen MR) is 118 cm³/mol. The second-order valence-corrected chi connectivity index (χ2v) is 7.69. The Labute approximate surface area is 177 Å². The minimum absolute atomic E-state index is 0.0497. The van der Waals surface area contributed by atoms with Crippen molar-refractivity contribution in [2.45, 2.75) is 32.6 Å². The number of carbonyl (C=O) groups excluding carboxylic acids is 1. The van der Waals surface area contributed by atoms with Crippen LogP contribution in [0.25, 0.3) is 11.5 Å². The molecule has 1 fully saturated rings. The number of aromatic nitrogens is 2. The van der Waals surface area contributed by atoms with Gasteiger partial charge in [0, 0.05) is 31.2 Å². The lowest BCUT2D eigenvalue weighted by Crippen LogP contribution is -2.43. The van der Waals surface area contributed by atoms with Crippen LogP contribution in [-0.2, 0) is 4.79 Å². The summed E-state index contributed by atoms with van der Waals surface area (Å²) >= 11 is 0. The molecule has 0 unspecified atom stereocenters. The Morgan fingerprint density at radius 2 is 1.87 bits per heavy atom. The van der Waals surface area contributed by atoms with Gasteiger partial charge < -0.3 is 14.2 Å². The molecule has 30 heavy (non-hydrogen) atoms. The molecule has 1 amide bonds. The number of hydrogen-bond acceptors (Lipinski definition) is 5. The molecular weight excluding hydrogens is 376 g/mol. The third kappa shape index (κ3) is 4.53. The second kappa shape index (κ2) is 9.57. The molecule has 156 valence electrons. The normalized spacial score (nSPS) is 14.6. The van der Waals surface area contributed by atoms with E-state index < -0.39 is 0 Å². The Balaban J connectivity index is 1.38. The van der Waals surface area contributed by atoms with E-state index in [0.717, 1.165) is 62.5 Å². The molecule has 0 atom stereocenters. The van der Waals surface area contributed by atoms with E-state index in [1.54, 1.807) is 6.26 Å². The fourth-order valence-corrected chi connectivity index (χ4v) is 3.92. The number of hydrogen-bond donors (Lipinski definition) is 0. The molecule has 3 aromatic rings. The highest BCUT2D eigenvalue weighted by atomic mass is 16.3. The van der Waals surface area contributed by atoms with Crippen LogP contribution in [0.4, 0.5) is 11.5 Å². The topological polar surface area (TPSA) is 62.5 Å². The quantitative estimate of drug-likeness (QED) is 0.567. The third-order valence-electron chi connectivity index (χ3n) is 5.66. The fraction of sp³-hybridized carbons (Fsp3) is 0.375. The number of nitrogens with zero attached hydrogens (tertiary/aromatic N) is 4. The van der Waals surface area contributed by atoms with Gasteiger partial charge in [-0.05, 0) is 55.7 Å². The van der Waals surface area contributed by atoms with Gasteiger partial charge in [-0.15, -0.1) is 10.2 Å². The van der Waals surface area contributed by atoms with Crippen LogP contribution >= 0.6 is 0 Å². The lowest BCUT2D eigenvalue weighted by molar-refractivity contribution is -0.123. The number of piperidine rings is 1. The molecule has 1 aliphatic rings. The average molecular weight is 405 g/mol. The first-order valence-electron chi connectivity index (χ1n) is 10.7. The van der Waals surface area contributed by atoms with Crippen molar-refractivity contribution in [3.05, 3.63) is 60.9 Å². The summed E-state index contributed by atoms with van der Waals surface area (Å²) in [7, 11) is 0. The Hall–Kier alpha value is -3.15. The summed E-state index contributed by atoms with van der Waals surface area (Å²) in [6, 6.07) is 17.7. The van der Waals surface area contributed by atoms with Crippen LogP contribution < -0.4 is 9.80 Å². The van der Waals surface area contributed by atoms with E-state index in [0.29, 0.717) is 5.76 Å². The van der Waals surface area contributed by atoms with Crippen molar-refractivity contribution in [3.8, 4) is 11.5 Å². The number of benzene rings is 1. The number of para-hydroxylation sites is 1. The maximum Gasteiger partial charge on any atom is 0.230 e. The molecule has 6 heteroatoms. The van der Waals surface area contributed by atoms with Gasteiger partial charge in [0.15, 0.2) is 11.6 Å². The minimum atomic E-state index is 0.0497. The van der Waals surface area contributed by atoms with Gasteiger partial charge in [0.05, 0.1) is 6.26 Å². The molecule has 0 bridgehead atoms. The summed E-state index contributed by atoms with van der Waals surface area (Å²) in [4.78, 5) is 17.5. The molecule has 0 spiro atoms. The number of furan rings is 1. The SMILES string of the molecule is CCCCN(C(=O)C1CCN(c2ccc(-c3ccco3)nn2)CC1)c1ccccc1. The Kier molecular flexibility index (Phi) is 6.42. The van der Waals surface area contributed by atoms with Crippen molar-refractivity contribution in [2.75, 3.05) is 29.4 Å². The van der Waals surface area contributed by atoms with Crippen LogP contribution in [0.2, 0.25) is 0 Å². The lowest BCUT2D eigenvalue weighted by Gasteiger charge is -2.34. The number of carbonyl (C=O) groups is 1. The van der Waals surface area contributed by atoms with Gasteiger partial charge >= 0.3 is 0 Å². The summed E-state index contributed by atoms with van der Waals surface area (Å²) in [5.74, 6) is 1.86. The van der Waals surface area contributed by atoms with Crippen LogP contribution in [0.15, 0.2) is 65.3 Å². The zero-order valence-corrected chi connectivity index (χ0v) is 17.4. The monoisotopic (exact) mass is 404 g/mol. The van der Waals surface area contributed by atoms with Gasteiger partial charge in [-0.25, -0.2) is 0 Å². The second-order valence-electron chi connectivity index (χ2n) is 7.69. The van der Waals surface area contributed by atoms with Gasteiger partial charge in [-0.3, -0.25) is 4.79 Å². The minimum Gasteiger partial charge on any atom is -0.463 e. The van der Waals surface area contributed by atoms with Gasteiger partial charge in [-0.2, -0.15) is 0 Å². The first-order valence-corrected chi connectivity index (χ1v) is 10.7. The number of amides is 1. The summed E-state index contributed by atoms with van der Waals surface area (Å²) in [5.41, 5.74) is 1.72. The number of rotatable bonds is 7. The van der Waals surface area contributed by atoms with Crippen molar-refractivity contribution < 1.29 is 9.21 Å². The molecule has 0 N–H and O–H groups in total. The molecule has 3 heterocycles. The number of anilines is 2. The van der Waals surface area contributed by atoms with E-state index in [1.807, 2.05) is 59.5 Å². The van der Waals surface area contributed by atoms with E-state index in [2.05, 4.69) is 22.0 Å². The highest BCUT2D eigenvalue weighted by molar-refractivity contribution is 5.95. The van der Waals surface area contributed by atoms with E-state index in [4.69, 9.17) is 4.42 Å².